The standard InChI is InChI=1S/C23H25BrN2O3/c1-23(2)15-29-20(16-8-4-3-5-9-16)14-26(23)22(28)17-12-13-25(21(17)27)19-11-7-6-10-18(19)24/h3-11,17,20H,12-15H2,1-2H3. The number of anilines is 1. The number of carbonyl (C=O) groups is 2. The van der Waals surface area contributed by atoms with Gasteiger partial charge in [-0.2, -0.15) is 0 Å². The molecule has 2 heterocycles. The maximum Gasteiger partial charge on any atom is 0.239 e. The van der Waals surface area contributed by atoms with Gasteiger partial charge in [-0.05, 0) is 53.9 Å². The monoisotopic (exact) mass is 456 g/mol. The van der Waals surface area contributed by atoms with Gasteiger partial charge in [0.05, 0.1) is 24.4 Å². The Hall–Kier alpha value is -2.18. The quantitative estimate of drug-likeness (QED) is 0.650. The van der Waals surface area contributed by atoms with Crippen LogP contribution in [0.5, 0.6) is 0 Å². The Kier molecular flexibility index (Phi) is 5.49. The third kappa shape index (κ3) is 3.83. The van der Waals surface area contributed by atoms with Crippen molar-refractivity contribution in [1.29, 1.82) is 0 Å². The lowest BCUT2D eigenvalue weighted by molar-refractivity contribution is -0.160. The second kappa shape index (κ2) is 7.92. The summed E-state index contributed by atoms with van der Waals surface area (Å²) in [5.74, 6) is -0.866. The van der Waals surface area contributed by atoms with Crippen LogP contribution in [0.4, 0.5) is 5.69 Å². The molecule has 5 nitrogen and oxygen atoms in total. The molecule has 2 saturated heterocycles. The molecule has 4 rings (SSSR count). The maximum atomic E-state index is 13.5. The minimum absolute atomic E-state index is 0.0983. The molecule has 29 heavy (non-hydrogen) atoms. The number of amides is 2. The zero-order valence-electron chi connectivity index (χ0n) is 16.7. The Morgan fingerprint density at radius 2 is 1.79 bits per heavy atom. The van der Waals surface area contributed by atoms with Crippen molar-refractivity contribution in [1.82, 2.24) is 4.90 Å². The molecule has 152 valence electrons. The highest BCUT2D eigenvalue weighted by Gasteiger charge is 2.46. The molecule has 0 spiro atoms. The van der Waals surface area contributed by atoms with Gasteiger partial charge in [0, 0.05) is 11.0 Å². The largest absolute Gasteiger partial charge is 0.369 e. The van der Waals surface area contributed by atoms with Crippen LogP contribution in [0.25, 0.3) is 0 Å². The van der Waals surface area contributed by atoms with E-state index in [0.29, 0.717) is 26.1 Å². The summed E-state index contributed by atoms with van der Waals surface area (Å²) in [7, 11) is 0. The third-order valence-corrected chi connectivity index (χ3v) is 6.47. The van der Waals surface area contributed by atoms with Crippen molar-refractivity contribution < 1.29 is 14.3 Å². The molecule has 2 aromatic carbocycles. The van der Waals surface area contributed by atoms with Crippen LogP contribution in [-0.2, 0) is 14.3 Å². The normalized spacial score (nSPS) is 24.0. The van der Waals surface area contributed by atoms with Crippen LogP contribution in [0.3, 0.4) is 0 Å². The smallest absolute Gasteiger partial charge is 0.239 e. The molecule has 6 heteroatoms. The number of nitrogens with zero attached hydrogens (tertiary/aromatic N) is 2. The number of ether oxygens (including phenoxy) is 1. The molecule has 2 atom stereocenters. The highest BCUT2D eigenvalue weighted by atomic mass is 79.9. The molecule has 2 unspecified atom stereocenters. The number of hydrogen-bond donors (Lipinski definition) is 0. The molecule has 2 aliphatic rings. The topological polar surface area (TPSA) is 49.9 Å². The molecular weight excluding hydrogens is 432 g/mol. The first-order valence-electron chi connectivity index (χ1n) is 9.92. The first-order valence-corrected chi connectivity index (χ1v) is 10.7. The van der Waals surface area contributed by atoms with Gasteiger partial charge in [0.2, 0.25) is 11.8 Å². The first-order chi connectivity index (χ1) is 13.9. The lowest BCUT2D eigenvalue weighted by Gasteiger charge is -2.46. The molecule has 2 amide bonds. The first kappa shape index (κ1) is 20.1. The van der Waals surface area contributed by atoms with Gasteiger partial charge in [0.25, 0.3) is 0 Å². The van der Waals surface area contributed by atoms with Crippen LogP contribution in [0.1, 0.15) is 31.9 Å². The molecule has 0 bridgehead atoms. The van der Waals surface area contributed by atoms with Crippen molar-refractivity contribution in [3.8, 4) is 0 Å². The fraction of sp³-hybridized carbons (Fsp3) is 0.391. The van der Waals surface area contributed by atoms with Crippen molar-refractivity contribution in [3.63, 3.8) is 0 Å². The summed E-state index contributed by atoms with van der Waals surface area (Å²) >= 11 is 3.51. The zero-order chi connectivity index (χ0) is 20.6. The average molecular weight is 457 g/mol. The predicted molar refractivity (Wildman–Crippen MR) is 116 cm³/mol. The van der Waals surface area contributed by atoms with Crippen LogP contribution < -0.4 is 4.90 Å². The van der Waals surface area contributed by atoms with Gasteiger partial charge in [-0.1, -0.05) is 42.5 Å². The Balaban J connectivity index is 1.54. The fourth-order valence-electron chi connectivity index (χ4n) is 4.11. The highest BCUT2D eigenvalue weighted by Crippen LogP contribution is 2.35. The Morgan fingerprint density at radius 1 is 1.10 bits per heavy atom. The molecule has 2 aromatic rings. The van der Waals surface area contributed by atoms with Crippen molar-refractivity contribution in [2.75, 3.05) is 24.6 Å². The van der Waals surface area contributed by atoms with E-state index < -0.39 is 11.5 Å². The summed E-state index contributed by atoms with van der Waals surface area (Å²) in [5.41, 5.74) is 1.41. The number of rotatable bonds is 3. The lowest BCUT2D eigenvalue weighted by atomic mass is 9.95. The molecule has 0 radical (unpaired) electrons. The minimum Gasteiger partial charge on any atom is -0.369 e. The molecule has 0 aliphatic carbocycles. The van der Waals surface area contributed by atoms with Gasteiger partial charge in [0.1, 0.15) is 12.0 Å². The Labute approximate surface area is 179 Å². The van der Waals surface area contributed by atoms with E-state index in [0.717, 1.165) is 15.7 Å². The van der Waals surface area contributed by atoms with Crippen molar-refractivity contribution in [2.24, 2.45) is 5.92 Å². The second-order valence-corrected chi connectivity index (χ2v) is 9.11. The van der Waals surface area contributed by atoms with Crippen LogP contribution in [0, 0.1) is 5.92 Å². The van der Waals surface area contributed by atoms with Crippen molar-refractivity contribution in [3.05, 3.63) is 64.6 Å². The molecule has 0 aromatic heterocycles. The summed E-state index contributed by atoms with van der Waals surface area (Å²) in [6, 6.07) is 17.6. The predicted octanol–water partition coefficient (Wildman–Crippen LogP) is 4.18. The van der Waals surface area contributed by atoms with E-state index in [-0.39, 0.29) is 17.9 Å². The van der Waals surface area contributed by atoms with Crippen LogP contribution in [0.2, 0.25) is 0 Å². The highest BCUT2D eigenvalue weighted by molar-refractivity contribution is 9.10. The maximum absolute atomic E-state index is 13.5. The molecule has 0 saturated carbocycles. The number of morpholine rings is 1. The van der Waals surface area contributed by atoms with Gasteiger partial charge < -0.3 is 14.5 Å². The minimum atomic E-state index is -0.643. The van der Waals surface area contributed by atoms with Gasteiger partial charge in [-0.25, -0.2) is 0 Å². The summed E-state index contributed by atoms with van der Waals surface area (Å²) in [5, 5.41) is 0. The van der Waals surface area contributed by atoms with Crippen LogP contribution in [-0.4, -0.2) is 41.9 Å². The molecule has 0 N–H and O–H groups in total. The van der Waals surface area contributed by atoms with Crippen molar-refractivity contribution in [2.45, 2.75) is 31.9 Å². The summed E-state index contributed by atoms with van der Waals surface area (Å²) in [6.45, 7) is 5.43. The summed E-state index contributed by atoms with van der Waals surface area (Å²) in [4.78, 5) is 30.2. The number of carbonyl (C=O) groups excluding carboxylic acids is 2. The van der Waals surface area contributed by atoms with Crippen molar-refractivity contribution >= 4 is 33.4 Å². The van der Waals surface area contributed by atoms with E-state index in [1.54, 1.807) is 4.90 Å². The third-order valence-electron chi connectivity index (χ3n) is 5.80. The molecule has 2 aliphatic heterocycles. The SMILES string of the molecule is CC1(C)COC(c2ccccc2)CN1C(=O)C1CCN(c2ccccc2Br)C1=O. The van der Waals surface area contributed by atoms with Gasteiger partial charge in [0.15, 0.2) is 0 Å². The van der Waals surface area contributed by atoms with E-state index in [4.69, 9.17) is 4.74 Å². The van der Waals surface area contributed by atoms with E-state index in [9.17, 15) is 9.59 Å². The summed E-state index contributed by atoms with van der Waals surface area (Å²) in [6.07, 6.45) is 0.353. The van der Waals surface area contributed by atoms with Crippen LogP contribution >= 0.6 is 15.9 Å². The van der Waals surface area contributed by atoms with E-state index in [2.05, 4.69) is 15.9 Å². The fourth-order valence-corrected chi connectivity index (χ4v) is 4.61. The number of benzene rings is 2. The van der Waals surface area contributed by atoms with E-state index in [1.165, 1.54) is 0 Å². The lowest BCUT2D eigenvalue weighted by Crippen LogP contribution is -2.58. The second-order valence-electron chi connectivity index (χ2n) is 8.25. The van der Waals surface area contributed by atoms with Gasteiger partial charge >= 0.3 is 0 Å². The van der Waals surface area contributed by atoms with Gasteiger partial charge in [-0.15, -0.1) is 0 Å². The molecule has 2 fully saturated rings. The number of hydrogen-bond acceptors (Lipinski definition) is 3. The zero-order valence-corrected chi connectivity index (χ0v) is 18.3. The number of para-hydroxylation sites is 1. The van der Waals surface area contributed by atoms with Crippen LogP contribution in [0.15, 0.2) is 59.1 Å². The van der Waals surface area contributed by atoms with Gasteiger partial charge in [-0.3, -0.25) is 9.59 Å². The Morgan fingerprint density at radius 3 is 2.52 bits per heavy atom. The summed E-state index contributed by atoms with van der Waals surface area (Å²) < 4.78 is 6.92. The van der Waals surface area contributed by atoms with E-state index >= 15 is 0 Å². The van der Waals surface area contributed by atoms with E-state index in [1.807, 2.05) is 73.3 Å². The Bertz CT molecular complexity index is 915. The molecular formula is C23H25BrN2O3. The number of halogens is 1. The average Bonchev–Trinajstić information content (AvgIpc) is 3.09.